The number of nitro groups is 1. The van der Waals surface area contributed by atoms with Gasteiger partial charge in [0.05, 0.1) is 11.5 Å². The second kappa shape index (κ2) is 8.52. The number of nitro benzene ring substituents is 1. The molecule has 7 heteroatoms. The topological polar surface area (TPSA) is 87.9 Å². The summed E-state index contributed by atoms with van der Waals surface area (Å²) >= 11 is 0. The van der Waals surface area contributed by atoms with E-state index in [-0.39, 0.29) is 18.9 Å². The molecule has 0 radical (unpaired) electrons. The fourth-order valence-corrected chi connectivity index (χ4v) is 1.96. The molecule has 0 aromatic heterocycles. The Bertz CT molecular complexity index is 699. The molecule has 0 atom stereocenters. The molecule has 7 nitrogen and oxygen atoms in total. The van der Waals surface area contributed by atoms with Gasteiger partial charge < -0.3 is 14.2 Å². The van der Waals surface area contributed by atoms with Crippen LogP contribution >= 0.6 is 0 Å². The van der Waals surface area contributed by atoms with Crippen LogP contribution in [0.4, 0.5) is 5.69 Å². The van der Waals surface area contributed by atoms with E-state index in [0.29, 0.717) is 29.4 Å². The van der Waals surface area contributed by atoms with Crippen molar-refractivity contribution in [2.24, 2.45) is 0 Å². The fraction of sp³-hybridized carbons (Fsp3) is 0.235. The summed E-state index contributed by atoms with van der Waals surface area (Å²) < 4.78 is 16.5. The van der Waals surface area contributed by atoms with Gasteiger partial charge in [-0.05, 0) is 37.3 Å². The predicted molar refractivity (Wildman–Crippen MR) is 87.1 cm³/mol. The minimum absolute atomic E-state index is 0.00947. The maximum absolute atomic E-state index is 10.8. The van der Waals surface area contributed by atoms with E-state index >= 15 is 0 Å². The molecule has 0 saturated carbocycles. The Labute approximate surface area is 138 Å². The summed E-state index contributed by atoms with van der Waals surface area (Å²) in [6, 6.07) is 10.7. The number of hydrogen-bond donors (Lipinski definition) is 0. The Hall–Kier alpha value is -3.09. The highest BCUT2D eigenvalue weighted by molar-refractivity contribution is 5.76. The van der Waals surface area contributed by atoms with Crippen molar-refractivity contribution in [3.8, 4) is 17.2 Å². The first-order chi connectivity index (χ1) is 11.6. The van der Waals surface area contributed by atoms with Crippen LogP contribution in [0.1, 0.15) is 17.3 Å². The normalized spacial score (nSPS) is 10.0. The third-order valence-corrected chi connectivity index (χ3v) is 3.06. The molecule has 0 spiro atoms. The molecule has 0 saturated heterocycles. The number of benzene rings is 2. The van der Waals surface area contributed by atoms with E-state index < -0.39 is 4.92 Å². The Kier molecular flexibility index (Phi) is 6.13. The monoisotopic (exact) mass is 331 g/mol. The minimum atomic E-state index is -0.467. The summed E-state index contributed by atoms with van der Waals surface area (Å²) in [6.45, 7) is 2.82. The quantitative estimate of drug-likeness (QED) is 0.303. The molecule has 0 bridgehead atoms. The lowest BCUT2D eigenvalue weighted by Crippen LogP contribution is -2.10. The van der Waals surface area contributed by atoms with Crippen molar-refractivity contribution in [2.75, 3.05) is 19.8 Å². The van der Waals surface area contributed by atoms with Crippen molar-refractivity contribution < 1.29 is 23.9 Å². The predicted octanol–water partition coefficient (Wildman–Crippen LogP) is 3.26. The van der Waals surface area contributed by atoms with Gasteiger partial charge in [0.15, 0.2) is 11.5 Å². The summed E-state index contributed by atoms with van der Waals surface area (Å²) in [5.74, 6) is 1.54. The van der Waals surface area contributed by atoms with E-state index in [1.807, 2.05) is 6.92 Å². The van der Waals surface area contributed by atoms with Crippen molar-refractivity contribution in [3.63, 3.8) is 0 Å². The second-order valence-corrected chi connectivity index (χ2v) is 4.70. The van der Waals surface area contributed by atoms with Crippen LogP contribution in [0, 0.1) is 10.1 Å². The van der Waals surface area contributed by atoms with Crippen LogP contribution in [0.2, 0.25) is 0 Å². The third-order valence-electron chi connectivity index (χ3n) is 3.06. The molecule has 0 heterocycles. The maximum atomic E-state index is 10.8. The highest BCUT2D eigenvalue weighted by Crippen LogP contribution is 2.28. The van der Waals surface area contributed by atoms with Crippen LogP contribution in [0.3, 0.4) is 0 Å². The Morgan fingerprint density at radius 2 is 1.71 bits per heavy atom. The molecule has 0 aliphatic heterocycles. The van der Waals surface area contributed by atoms with Crippen molar-refractivity contribution in [2.45, 2.75) is 6.92 Å². The van der Waals surface area contributed by atoms with Crippen molar-refractivity contribution in [3.05, 3.63) is 58.1 Å². The zero-order chi connectivity index (χ0) is 17.4. The Morgan fingerprint density at radius 1 is 1.00 bits per heavy atom. The van der Waals surface area contributed by atoms with Crippen LogP contribution in [0.15, 0.2) is 42.5 Å². The highest BCUT2D eigenvalue weighted by Gasteiger charge is 2.07. The molecule has 0 amide bonds. The van der Waals surface area contributed by atoms with Crippen molar-refractivity contribution in [1.82, 2.24) is 0 Å². The number of carbonyl (C=O) groups is 1. The largest absolute Gasteiger partial charge is 0.490 e. The van der Waals surface area contributed by atoms with E-state index in [0.717, 1.165) is 6.29 Å². The van der Waals surface area contributed by atoms with Gasteiger partial charge in [-0.3, -0.25) is 14.9 Å². The summed E-state index contributed by atoms with van der Waals surface area (Å²) in [5.41, 5.74) is 0.517. The first kappa shape index (κ1) is 17.3. The van der Waals surface area contributed by atoms with Crippen molar-refractivity contribution in [1.29, 1.82) is 0 Å². The second-order valence-electron chi connectivity index (χ2n) is 4.70. The average molecular weight is 331 g/mol. The lowest BCUT2D eigenvalue weighted by Gasteiger charge is -2.12. The summed E-state index contributed by atoms with van der Waals surface area (Å²) in [4.78, 5) is 20.9. The smallest absolute Gasteiger partial charge is 0.269 e. The van der Waals surface area contributed by atoms with Gasteiger partial charge in [0, 0.05) is 17.7 Å². The number of non-ortho nitro benzene ring substituents is 1. The van der Waals surface area contributed by atoms with Crippen molar-refractivity contribution >= 4 is 12.0 Å². The molecule has 0 N–H and O–H groups in total. The molecule has 0 aliphatic carbocycles. The van der Waals surface area contributed by atoms with Gasteiger partial charge in [0.2, 0.25) is 0 Å². The van der Waals surface area contributed by atoms with Crippen LogP contribution in [-0.2, 0) is 0 Å². The summed E-state index contributed by atoms with van der Waals surface area (Å²) in [7, 11) is 0. The van der Waals surface area contributed by atoms with Gasteiger partial charge in [-0.25, -0.2) is 0 Å². The number of ether oxygens (including phenoxy) is 3. The molecular formula is C17H17NO6. The molecule has 2 aromatic rings. The lowest BCUT2D eigenvalue weighted by molar-refractivity contribution is -0.384. The van der Waals surface area contributed by atoms with Gasteiger partial charge in [-0.15, -0.1) is 0 Å². The lowest BCUT2D eigenvalue weighted by atomic mass is 10.2. The van der Waals surface area contributed by atoms with E-state index in [1.54, 1.807) is 18.2 Å². The van der Waals surface area contributed by atoms with E-state index in [2.05, 4.69) is 0 Å². The fourth-order valence-electron chi connectivity index (χ4n) is 1.96. The SMILES string of the molecule is CCOc1cc(C=O)ccc1OCCOc1ccc([N+](=O)[O-])cc1. The molecule has 0 unspecified atom stereocenters. The Balaban J connectivity index is 1.87. The third kappa shape index (κ3) is 4.70. The standard InChI is InChI=1S/C17H17NO6/c1-2-22-17-11-13(12-19)3-8-16(17)24-10-9-23-15-6-4-14(5-7-15)18(20)21/h3-8,11-12H,2,9-10H2,1H3. The average Bonchev–Trinajstić information content (AvgIpc) is 2.60. The molecular weight excluding hydrogens is 314 g/mol. The van der Waals surface area contributed by atoms with Gasteiger partial charge in [-0.1, -0.05) is 0 Å². The molecule has 2 rings (SSSR count). The molecule has 0 fully saturated rings. The van der Waals surface area contributed by atoms with E-state index in [1.165, 1.54) is 24.3 Å². The number of aldehydes is 1. The van der Waals surface area contributed by atoms with Gasteiger partial charge >= 0.3 is 0 Å². The maximum Gasteiger partial charge on any atom is 0.269 e. The number of carbonyl (C=O) groups excluding carboxylic acids is 1. The Morgan fingerprint density at radius 3 is 2.33 bits per heavy atom. The zero-order valence-electron chi connectivity index (χ0n) is 13.1. The van der Waals surface area contributed by atoms with E-state index in [4.69, 9.17) is 14.2 Å². The van der Waals surface area contributed by atoms with Crippen LogP contribution in [0.25, 0.3) is 0 Å². The number of rotatable bonds is 9. The first-order valence-electron chi connectivity index (χ1n) is 7.36. The number of nitrogens with zero attached hydrogens (tertiary/aromatic N) is 1. The number of hydrogen-bond acceptors (Lipinski definition) is 6. The van der Waals surface area contributed by atoms with Crippen LogP contribution in [0.5, 0.6) is 17.2 Å². The van der Waals surface area contributed by atoms with Crippen LogP contribution < -0.4 is 14.2 Å². The molecule has 126 valence electrons. The molecule has 2 aromatic carbocycles. The van der Waals surface area contributed by atoms with Gasteiger partial charge in [0.1, 0.15) is 25.2 Å². The summed E-state index contributed by atoms with van der Waals surface area (Å²) in [5, 5.41) is 10.6. The van der Waals surface area contributed by atoms with E-state index in [9.17, 15) is 14.9 Å². The first-order valence-corrected chi connectivity index (χ1v) is 7.36. The minimum Gasteiger partial charge on any atom is -0.490 e. The summed E-state index contributed by atoms with van der Waals surface area (Å²) in [6.07, 6.45) is 0.740. The molecule has 24 heavy (non-hydrogen) atoms. The van der Waals surface area contributed by atoms with Crippen LogP contribution in [-0.4, -0.2) is 31.0 Å². The highest BCUT2D eigenvalue weighted by atomic mass is 16.6. The zero-order valence-corrected chi connectivity index (χ0v) is 13.1. The van der Waals surface area contributed by atoms with Gasteiger partial charge in [-0.2, -0.15) is 0 Å². The molecule has 0 aliphatic rings. The van der Waals surface area contributed by atoms with Gasteiger partial charge in [0.25, 0.3) is 5.69 Å².